The van der Waals surface area contributed by atoms with E-state index < -0.39 is 15.6 Å². The lowest BCUT2D eigenvalue weighted by atomic mass is 9.97. The number of pyridine rings is 1. The first kappa shape index (κ1) is 13.7. The summed E-state index contributed by atoms with van der Waals surface area (Å²) in [5, 5.41) is 0.165. The first-order chi connectivity index (χ1) is 8.43. The summed E-state index contributed by atoms with van der Waals surface area (Å²) in [4.78, 5) is 3.79. The van der Waals surface area contributed by atoms with Gasteiger partial charge in [0.05, 0.1) is 17.2 Å². The van der Waals surface area contributed by atoms with Crippen molar-refractivity contribution in [2.45, 2.75) is 30.2 Å². The number of aromatic nitrogens is 1. The minimum absolute atomic E-state index is 0.00142. The average molecular weight is 291 g/mol. The maximum Gasteiger partial charge on any atom is 0.244 e. The zero-order chi connectivity index (χ0) is 13.2. The number of rotatable bonds is 3. The molecule has 1 aliphatic rings. The molecule has 1 atom stereocenters. The second-order valence-corrected chi connectivity index (χ2v) is 6.69. The summed E-state index contributed by atoms with van der Waals surface area (Å²) in [6.45, 7) is 2.86. The Balaban J connectivity index is 2.25. The monoisotopic (exact) mass is 290 g/mol. The average Bonchev–Trinajstić information content (AvgIpc) is 2.28. The molecule has 18 heavy (non-hydrogen) atoms. The molecule has 1 unspecified atom stereocenters. The SMILES string of the molecule is CC1(NS(=O)(=O)c2cnccc2Cl)CCCOC1. The van der Waals surface area contributed by atoms with E-state index in [0.717, 1.165) is 12.8 Å². The van der Waals surface area contributed by atoms with Crippen molar-refractivity contribution in [3.05, 3.63) is 23.5 Å². The lowest BCUT2D eigenvalue weighted by Crippen LogP contribution is -2.51. The summed E-state index contributed by atoms with van der Waals surface area (Å²) in [5.74, 6) is 0. The van der Waals surface area contributed by atoms with Gasteiger partial charge in [-0.1, -0.05) is 11.6 Å². The number of ether oxygens (including phenoxy) is 1. The maximum atomic E-state index is 12.2. The summed E-state index contributed by atoms with van der Waals surface area (Å²) in [6.07, 6.45) is 4.27. The lowest BCUT2D eigenvalue weighted by Gasteiger charge is -2.33. The third-order valence-electron chi connectivity index (χ3n) is 2.84. The van der Waals surface area contributed by atoms with Gasteiger partial charge in [-0.3, -0.25) is 4.98 Å². The van der Waals surface area contributed by atoms with Crippen molar-refractivity contribution in [2.24, 2.45) is 0 Å². The predicted molar refractivity (Wildman–Crippen MR) is 68.0 cm³/mol. The van der Waals surface area contributed by atoms with Gasteiger partial charge in [0.2, 0.25) is 10.0 Å². The van der Waals surface area contributed by atoms with Crippen LogP contribution in [0.3, 0.4) is 0 Å². The zero-order valence-electron chi connectivity index (χ0n) is 10.0. The number of halogens is 1. The Morgan fingerprint density at radius 2 is 2.33 bits per heavy atom. The molecule has 100 valence electrons. The zero-order valence-corrected chi connectivity index (χ0v) is 11.6. The fourth-order valence-electron chi connectivity index (χ4n) is 1.95. The van der Waals surface area contributed by atoms with E-state index in [0.29, 0.717) is 13.2 Å². The van der Waals surface area contributed by atoms with E-state index in [-0.39, 0.29) is 9.92 Å². The molecular formula is C11H15ClN2O3S. The molecule has 2 heterocycles. The molecule has 0 aromatic carbocycles. The van der Waals surface area contributed by atoms with E-state index in [4.69, 9.17) is 16.3 Å². The van der Waals surface area contributed by atoms with Crippen LogP contribution in [0.15, 0.2) is 23.4 Å². The van der Waals surface area contributed by atoms with E-state index in [9.17, 15) is 8.42 Å². The Labute approximate surface area is 112 Å². The van der Waals surface area contributed by atoms with Gasteiger partial charge in [0.1, 0.15) is 4.90 Å². The van der Waals surface area contributed by atoms with Crippen molar-refractivity contribution in [3.63, 3.8) is 0 Å². The number of hydrogen-bond donors (Lipinski definition) is 1. The highest BCUT2D eigenvalue weighted by Crippen LogP contribution is 2.24. The van der Waals surface area contributed by atoms with Gasteiger partial charge < -0.3 is 4.74 Å². The second-order valence-electron chi connectivity index (χ2n) is 4.63. The summed E-state index contributed by atoms with van der Waals surface area (Å²) < 4.78 is 32.4. The molecule has 7 heteroatoms. The number of nitrogens with one attached hydrogen (secondary N) is 1. The third kappa shape index (κ3) is 3.00. The van der Waals surface area contributed by atoms with E-state index in [1.165, 1.54) is 18.5 Å². The molecule has 1 saturated heterocycles. The Morgan fingerprint density at radius 1 is 1.56 bits per heavy atom. The molecule has 1 aliphatic heterocycles. The fraction of sp³-hybridized carbons (Fsp3) is 0.545. The van der Waals surface area contributed by atoms with Crippen molar-refractivity contribution in [1.82, 2.24) is 9.71 Å². The Kier molecular flexibility index (Phi) is 3.91. The van der Waals surface area contributed by atoms with Gasteiger partial charge in [-0.05, 0) is 25.8 Å². The Hall–Kier alpha value is -0.690. The highest BCUT2D eigenvalue weighted by Gasteiger charge is 2.33. The Bertz CT molecular complexity index is 527. The molecule has 1 aromatic rings. The van der Waals surface area contributed by atoms with Gasteiger partial charge in [0, 0.05) is 19.0 Å². The van der Waals surface area contributed by atoms with Crippen molar-refractivity contribution in [2.75, 3.05) is 13.2 Å². The standard InChI is InChI=1S/C11H15ClN2O3S/c1-11(4-2-6-17-8-11)14-18(15,16)10-7-13-5-3-9(10)12/h3,5,7,14H,2,4,6,8H2,1H3. The molecule has 0 saturated carbocycles. The normalized spacial score (nSPS) is 25.0. The van der Waals surface area contributed by atoms with Gasteiger partial charge in [-0.15, -0.1) is 0 Å². The van der Waals surface area contributed by atoms with Crippen molar-refractivity contribution < 1.29 is 13.2 Å². The van der Waals surface area contributed by atoms with E-state index in [1.807, 2.05) is 6.92 Å². The van der Waals surface area contributed by atoms with Gasteiger partial charge in [0.15, 0.2) is 0 Å². The van der Waals surface area contributed by atoms with Crippen molar-refractivity contribution >= 4 is 21.6 Å². The molecule has 0 spiro atoms. The van der Waals surface area contributed by atoms with Crippen LogP contribution in [0.5, 0.6) is 0 Å². The number of hydrogen-bond acceptors (Lipinski definition) is 4. The maximum absolute atomic E-state index is 12.2. The predicted octanol–water partition coefficient (Wildman–Crippen LogP) is 1.58. The quantitative estimate of drug-likeness (QED) is 0.918. The molecule has 0 radical (unpaired) electrons. The topological polar surface area (TPSA) is 68.3 Å². The molecular weight excluding hydrogens is 276 g/mol. The first-order valence-corrected chi connectivity index (χ1v) is 7.50. The molecule has 0 bridgehead atoms. The minimum Gasteiger partial charge on any atom is -0.380 e. The molecule has 2 rings (SSSR count). The highest BCUT2D eigenvalue weighted by molar-refractivity contribution is 7.89. The summed E-state index contributed by atoms with van der Waals surface area (Å²) in [6, 6.07) is 1.45. The van der Waals surface area contributed by atoms with Crippen LogP contribution < -0.4 is 4.72 Å². The molecule has 1 aromatic heterocycles. The van der Waals surface area contributed by atoms with E-state index in [1.54, 1.807) is 0 Å². The first-order valence-electron chi connectivity index (χ1n) is 5.64. The molecule has 1 fully saturated rings. The van der Waals surface area contributed by atoms with Crippen LogP contribution in [0.2, 0.25) is 5.02 Å². The van der Waals surface area contributed by atoms with Gasteiger partial charge in [-0.2, -0.15) is 0 Å². The Morgan fingerprint density at radius 3 is 2.94 bits per heavy atom. The minimum atomic E-state index is -3.67. The van der Waals surface area contributed by atoms with Crippen LogP contribution in [0, 0.1) is 0 Å². The largest absolute Gasteiger partial charge is 0.380 e. The highest BCUT2D eigenvalue weighted by atomic mass is 35.5. The van der Waals surface area contributed by atoms with Gasteiger partial charge in [-0.25, -0.2) is 13.1 Å². The number of nitrogens with zero attached hydrogens (tertiary/aromatic N) is 1. The van der Waals surface area contributed by atoms with Crippen LogP contribution in [0.25, 0.3) is 0 Å². The summed E-state index contributed by atoms with van der Waals surface area (Å²) >= 11 is 5.88. The second kappa shape index (κ2) is 5.13. The number of sulfonamides is 1. The van der Waals surface area contributed by atoms with Gasteiger partial charge in [0.25, 0.3) is 0 Å². The van der Waals surface area contributed by atoms with Crippen molar-refractivity contribution in [3.8, 4) is 0 Å². The molecule has 1 N–H and O–H groups in total. The molecule has 5 nitrogen and oxygen atoms in total. The smallest absolute Gasteiger partial charge is 0.244 e. The lowest BCUT2D eigenvalue weighted by molar-refractivity contribution is 0.0386. The van der Waals surface area contributed by atoms with Gasteiger partial charge >= 0.3 is 0 Å². The fourth-order valence-corrected chi connectivity index (χ4v) is 3.81. The van der Waals surface area contributed by atoms with Crippen LogP contribution in [0.4, 0.5) is 0 Å². The van der Waals surface area contributed by atoms with Crippen LogP contribution >= 0.6 is 11.6 Å². The van der Waals surface area contributed by atoms with E-state index >= 15 is 0 Å². The third-order valence-corrected chi connectivity index (χ3v) is 4.95. The summed E-state index contributed by atoms with van der Waals surface area (Å²) in [5.41, 5.74) is -0.587. The van der Waals surface area contributed by atoms with Crippen LogP contribution in [-0.2, 0) is 14.8 Å². The molecule has 0 amide bonds. The van der Waals surface area contributed by atoms with Crippen LogP contribution in [0.1, 0.15) is 19.8 Å². The molecule has 0 aliphatic carbocycles. The van der Waals surface area contributed by atoms with Crippen molar-refractivity contribution in [1.29, 1.82) is 0 Å². The van der Waals surface area contributed by atoms with Crippen LogP contribution in [-0.4, -0.2) is 32.2 Å². The summed E-state index contributed by atoms with van der Waals surface area (Å²) in [7, 11) is -3.67. The van der Waals surface area contributed by atoms with E-state index in [2.05, 4.69) is 9.71 Å².